The molecule has 1 aliphatic heterocycles. The van der Waals surface area contributed by atoms with E-state index in [2.05, 4.69) is 0 Å². The average Bonchev–Trinajstić information content (AvgIpc) is 2.54. The van der Waals surface area contributed by atoms with E-state index in [1.54, 1.807) is 35.2 Å². The van der Waals surface area contributed by atoms with Gasteiger partial charge >= 0.3 is 0 Å². The van der Waals surface area contributed by atoms with Crippen molar-refractivity contribution in [1.82, 2.24) is 0 Å². The van der Waals surface area contributed by atoms with Gasteiger partial charge < -0.3 is 15.4 Å². The largest absolute Gasteiger partial charge is 0.478 e. The van der Waals surface area contributed by atoms with E-state index in [0.29, 0.717) is 30.1 Å². The first kappa shape index (κ1) is 15.3. The second-order valence-corrected chi connectivity index (χ2v) is 5.65. The fourth-order valence-corrected chi connectivity index (χ4v) is 2.76. The number of hydrogen-bond acceptors (Lipinski definition) is 3. The van der Waals surface area contributed by atoms with Crippen molar-refractivity contribution in [3.63, 3.8) is 0 Å². The third-order valence-electron chi connectivity index (χ3n) is 3.87. The SMILES string of the molecule is CCCN1C(=O)C(Cc2ccc(F)cc2)Oc2ccc(N)cc21. The molecule has 0 fully saturated rings. The Morgan fingerprint density at radius 2 is 1.96 bits per heavy atom. The van der Waals surface area contributed by atoms with Crippen molar-refractivity contribution in [3.8, 4) is 5.75 Å². The van der Waals surface area contributed by atoms with Crippen LogP contribution in [0.3, 0.4) is 0 Å². The first-order valence-electron chi connectivity index (χ1n) is 7.70. The molecule has 1 unspecified atom stereocenters. The molecule has 0 bridgehead atoms. The molecule has 1 heterocycles. The number of carbonyl (C=O) groups is 1. The third kappa shape index (κ3) is 3.13. The molecule has 3 rings (SSSR count). The summed E-state index contributed by atoms with van der Waals surface area (Å²) in [6.45, 7) is 2.63. The summed E-state index contributed by atoms with van der Waals surface area (Å²) in [6, 6.07) is 11.4. The topological polar surface area (TPSA) is 55.6 Å². The highest BCUT2D eigenvalue weighted by Crippen LogP contribution is 2.36. The van der Waals surface area contributed by atoms with Gasteiger partial charge in [0.15, 0.2) is 6.10 Å². The van der Waals surface area contributed by atoms with Crippen molar-refractivity contribution >= 4 is 17.3 Å². The molecule has 5 heteroatoms. The normalized spacial score (nSPS) is 16.9. The summed E-state index contributed by atoms with van der Waals surface area (Å²) in [5.41, 5.74) is 8.00. The number of carbonyl (C=O) groups excluding carboxylic acids is 1. The molecule has 0 saturated heterocycles. The standard InChI is InChI=1S/C18H19FN2O2/c1-2-9-21-15-11-14(20)7-8-16(15)23-17(18(21)22)10-12-3-5-13(19)6-4-12/h3-8,11,17H,2,9-10,20H2,1H3. The number of ether oxygens (including phenoxy) is 1. The number of hydrogen-bond donors (Lipinski definition) is 1. The fraction of sp³-hybridized carbons (Fsp3) is 0.278. The molecule has 2 N–H and O–H groups in total. The molecule has 2 aromatic rings. The van der Waals surface area contributed by atoms with Gasteiger partial charge in [-0.25, -0.2) is 4.39 Å². The summed E-state index contributed by atoms with van der Waals surface area (Å²) in [5, 5.41) is 0. The summed E-state index contributed by atoms with van der Waals surface area (Å²) >= 11 is 0. The van der Waals surface area contributed by atoms with Crippen LogP contribution in [0.2, 0.25) is 0 Å². The Balaban J connectivity index is 1.89. The van der Waals surface area contributed by atoms with E-state index < -0.39 is 6.10 Å². The van der Waals surface area contributed by atoms with Crippen molar-refractivity contribution in [1.29, 1.82) is 0 Å². The monoisotopic (exact) mass is 314 g/mol. The minimum atomic E-state index is -0.608. The number of nitrogens with two attached hydrogens (primary N) is 1. The van der Waals surface area contributed by atoms with E-state index in [1.807, 2.05) is 6.92 Å². The van der Waals surface area contributed by atoms with Gasteiger partial charge in [0.05, 0.1) is 5.69 Å². The van der Waals surface area contributed by atoms with E-state index in [1.165, 1.54) is 12.1 Å². The summed E-state index contributed by atoms with van der Waals surface area (Å²) in [6.07, 6.45) is 0.634. The van der Waals surface area contributed by atoms with Crippen molar-refractivity contribution < 1.29 is 13.9 Å². The molecule has 0 radical (unpaired) electrons. The Bertz CT molecular complexity index is 715. The lowest BCUT2D eigenvalue weighted by Gasteiger charge is -2.34. The molecule has 1 amide bonds. The number of nitrogen functional groups attached to an aromatic ring is 1. The lowest BCUT2D eigenvalue weighted by atomic mass is 10.0. The van der Waals surface area contributed by atoms with Crippen molar-refractivity contribution in [2.75, 3.05) is 17.2 Å². The molecule has 0 saturated carbocycles. The van der Waals surface area contributed by atoms with Gasteiger partial charge in [0, 0.05) is 18.7 Å². The molecule has 0 aliphatic carbocycles. The van der Waals surface area contributed by atoms with Crippen LogP contribution in [-0.2, 0) is 11.2 Å². The lowest BCUT2D eigenvalue weighted by Crippen LogP contribution is -2.47. The molecular weight excluding hydrogens is 295 g/mol. The number of amides is 1. The van der Waals surface area contributed by atoms with Gasteiger partial charge in [0.25, 0.3) is 5.91 Å². The molecule has 23 heavy (non-hydrogen) atoms. The van der Waals surface area contributed by atoms with Gasteiger partial charge in [-0.05, 0) is 42.3 Å². The summed E-state index contributed by atoms with van der Waals surface area (Å²) < 4.78 is 18.9. The zero-order valence-corrected chi connectivity index (χ0v) is 13.0. The molecule has 1 atom stereocenters. The van der Waals surface area contributed by atoms with Crippen molar-refractivity contribution in [2.45, 2.75) is 25.9 Å². The molecule has 0 aromatic heterocycles. The van der Waals surface area contributed by atoms with E-state index in [4.69, 9.17) is 10.5 Å². The number of halogens is 1. The minimum absolute atomic E-state index is 0.0886. The zero-order chi connectivity index (χ0) is 16.4. The molecule has 0 spiro atoms. The van der Waals surface area contributed by atoms with Crippen molar-refractivity contribution in [3.05, 3.63) is 53.8 Å². The number of fused-ring (bicyclic) bond motifs is 1. The zero-order valence-electron chi connectivity index (χ0n) is 13.0. The van der Waals surface area contributed by atoms with Gasteiger partial charge in [-0.1, -0.05) is 19.1 Å². The number of rotatable bonds is 4. The van der Waals surface area contributed by atoms with E-state index in [-0.39, 0.29) is 11.7 Å². The van der Waals surface area contributed by atoms with E-state index >= 15 is 0 Å². The third-order valence-corrected chi connectivity index (χ3v) is 3.87. The van der Waals surface area contributed by atoms with E-state index in [9.17, 15) is 9.18 Å². The van der Waals surface area contributed by atoms with Crippen LogP contribution in [0.5, 0.6) is 5.75 Å². The summed E-state index contributed by atoms with van der Waals surface area (Å²) in [4.78, 5) is 14.5. The summed E-state index contributed by atoms with van der Waals surface area (Å²) in [5.74, 6) is 0.270. The second kappa shape index (κ2) is 6.28. The quantitative estimate of drug-likeness (QED) is 0.882. The predicted octanol–water partition coefficient (Wildman–Crippen LogP) is 3.15. The fourth-order valence-electron chi connectivity index (χ4n) is 2.76. The average molecular weight is 314 g/mol. The highest BCUT2D eigenvalue weighted by Gasteiger charge is 2.34. The van der Waals surface area contributed by atoms with E-state index in [0.717, 1.165) is 12.0 Å². The second-order valence-electron chi connectivity index (χ2n) is 5.65. The van der Waals surface area contributed by atoms with Crippen molar-refractivity contribution in [2.24, 2.45) is 0 Å². The molecule has 120 valence electrons. The maximum Gasteiger partial charge on any atom is 0.268 e. The summed E-state index contributed by atoms with van der Waals surface area (Å²) in [7, 11) is 0. The Morgan fingerprint density at radius 1 is 1.22 bits per heavy atom. The van der Waals surface area contributed by atoms with Crippen LogP contribution in [0.25, 0.3) is 0 Å². The first-order chi connectivity index (χ1) is 11.1. The highest BCUT2D eigenvalue weighted by molar-refractivity contribution is 6.00. The smallest absolute Gasteiger partial charge is 0.268 e. The maximum absolute atomic E-state index is 13.0. The van der Waals surface area contributed by atoms with Gasteiger partial charge in [0.1, 0.15) is 11.6 Å². The molecule has 4 nitrogen and oxygen atoms in total. The molecule has 1 aliphatic rings. The highest BCUT2D eigenvalue weighted by atomic mass is 19.1. The van der Waals surface area contributed by atoms with Gasteiger partial charge in [-0.2, -0.15) is 0 Å². The minimum Gasteiger partial charge on any atom is -0.478 e. The maximum atomic E-state index is 13.0. The van der Waals surface area contributed by atoms with Gasteiger partial charge in [-0.15, -0.1) is 0 Å². The lowest BCUT2D eigenvalue weighted by molar-refractivity contribution is -0.126. The Kier molecular flexibility index (Phi) is 4.19. The van der Waals surface area contributed by atoms with Crippen LogP contribution in [0.4, 0.5) is 15.8 Å². The Labute approximate surface area is 134 Å². The number of benzene rings is 2. The van der Waals surface area contributed by atoms with Crippen LogP contribution < -0.4 is 15.4 Å². The predicted molar refractivity (Wildman–Crippen MR) is 88.0 cm³/mol. The van der Waals surface area contributed by atoms with Crippen LogP contribution >= 0.6 is 0 Å². The number of nitrogens with zero attached hydrogens (tertiary/aromatic N) is 1. The molecular formula is C18H19FN2O2. The van der Waals surface area contributed by atoms with Crippen LogP contribution in [0.15, 0.2) is 42.5 Å². The van der Waals surface area contributed by atoms with Crippen LogP contribution in [0.1, 0.15) is 18.9 Å². The Morgan fingerprint density at radius 3 is 2.65 bits per heavy atom. The molecule has 2 aromatic carbocycles. The van der Waals surface area contributed by atoms with Crippen LogP contribution in [-0.4, -0.2) is 18.6 Å². The van der Waals surface area contributed by atoms with Crippen LogP contribution in [0, 0.1) is 5.82 Å². The van der Waals surface area contributed by atoms with Gasteiger partial charge in [0.2, 0.25) is 0 Å². The Hall–Kier alpha value is -2.56. The first-order valence-corrected chi connectivity index (χ1v) is 7.70. The van der Waals surface area contributed by atoms with Gasteiger partial charge in [-0.3, -0.25) is 4.79 Å². The number of anilines is 2.